The van der Waals surface area contributed by atoms with E-state index < -0.39 is 0 Å². The van der Waals surface area contributed by atoms with E-state index in [1.807, 2.05) is 0 Å². The van der Waals surface area contributed by atoms with Crippen molar-refractivity contribution in [2.75, 3.05) is 0 Å². The van der Waals surface area contributed by atoms with Gasteiger partial charge in [0.25, 0.3) is 0 Å². The van der Waals surface area contributed by atoms with E-state index in [-0.39, 0.29) is 5.50 Å². The fourth-order valence-electron chi connectivity index (χ4n) is 3.42. The maximum atomic E-state index is 5.74. The highest BCUT2D eigenvalue weighted by Gasteiger charge is 1.97. The zero-order chi connectivity index (χ0) is 17.7. The molecule has 0 saturated heterocycles. The van der Waals surface area contributed by atoms with Gasteiger partial charge in [0.05, 0.1) is 5.50 Å². The molecule has 146 valence electrons. The van der Waals surface area contributed by atoms with E-state index in [1.54, 1.807) is 0 Å². The van der Waals surface area contributed by atoms with E-state index in [1.165, 1.54) is 122 Å². The molecule has 0 aliphatic rings. The van der Waals surface area contributed by atoms with Crippen LogP contribution in [0.3, 0.4) is 0 Å². The van der Waals surface area contributed by atoms with Crippen molar-refractivity contribution in [3.8, 4) is 0 Å². The molecule has 2 heteroatoms. The Morgan fingerprint density at radius 2 is 0.750 bits per heavy atom. The predicted molar refractivity (Wildman–Crippen MR) is 112 cm³/mol. The van der Waals surface area contributed by atoms with Gasteiger partial charge in [-0.25, -0.2) is 0 Å². The smallest absolute Gasteiger partial charge is 0.0800 e. The van der Waals surface area contributed by atoms with Crippen LogP contribution < -0.4 is 5.73 Å². The lowest BCUT2D eigenvalue weighted by atomic mass is 10.0. The maximum Gasteiger partial charge on any atom is 0.0800 e. The minimum absolute atomic E-state index is 0.129. The standard InChI is InChI=1S/C22H46ClN/c1-2-3-4-5-6-7-8-9-10-11-12-13-14-15-16-17-18-19-20-21-22(23)24/h22H,2-21,24H2,1H3. The molecule has 1 unspecified atom stereocenters. The Kier molecular flexibility index (Phi) is 21.5. The number of hydrogen-bond donors (Lipinski definition) is 1. The first-order valence-corrected chi connectivity index (χ1v) is 11.6. The fourth-order valence-corrected chi connectivity index (χ4v) is 3.57. The summed E-state index contributed by atoms with van der Waals surface area (Å²) in [5, 5.41) is 0. The van der Waals surface area contributed by atoms with Crippen LogP contribution in [0.4, 0.5) is 0 Å². The highest BCUT2D eigenvalue weighted by molar-refractivity contribution is 6.20. The van der Waals surface area contributed by atoms with Gasteiger partial charge in [-0.2, -0.15) is 0 Å². The number of alkyl halides is 1. The Bertz CT molecular complexity index is 218. The lowest BCUT2D eigenvalue weighted by molar-refractivity contribution is 0.521. The van der Waals surface area contributed by atoms with E-state index in [0.29, 0.717) is 0 Å². The van der Waals surface area contributed by atoms with E-state index in [4.69, 9.17) is 17.3 Å². The predicted octanol–water partition coefficient (Wildman–Crippen LogP) is 8.33. The van der Waals surface area contributed by atoms with Crippen molar-refractivity contribution >= 4 is 11.6 Å². The van der Waals surface area contributed by atoms with Crippen molar-refractivity contribution in [1.82, 2.24) is 0 Å². The molecule has 0 aromatic rings. The molecule has 0 aliphatic heterocycles. The molecule has 0 fully saturated rings. The van der Waals surface area contributed by atoms with Gasteiger partial charge in [-0.3, -0.25) is 0 Å². The molecule has 2 N–H and O–H groups in total. The number of nitrogens with two attached hydrogens (primary N) is 1. The van der Waals surface area contributed by atoms with Crippen LogP contribution >= 0.6 is 11.6 Å². The van der Waals surface area contributed by atoms with Crippen LogP contribution in [0.1, 0.15) is 135 Å². The molecule has 0 aromatic carbocycles. The first kappa shape index (κ1) is 24.2. The lowest BCUT2D eigenvalue weighted by Crippen LogP contribution is -2.10. The van der Waals surface area contributed by atoms with Gasteiger partial charge < -0.3 is 5.73 Å². The summed E-state index contributed by atoms with van der Waals surface area (Å²) in [6.45, 7) is 2.29. The van der Waals surface area contributed by atoms with Gasteiger partial charge in [-0.1, -0.05) is 129 Å². The molecule has 0 radical (unpaired) electrons. The molecule has 0 rings (SSSR count). The average molecular weight is 360 g/mol. The van der Waals surface area contributed by atoms with Crippen LogP contribution in [0.25, 0.3) is 0 Å². The van der Waals surface area contributed by atoms with Gasteiger partial charge in [0, 0.05) is 0 Å². The summed E-state index contributed by atoms with van der Waals surface area (Å²) in [4.78, 5) is 0. The second kappa shape index (κ2) is 21.3. The highest BCUT2D eigenvalue weighted by Crippen LogP contribution is 2.15. The van der Waals surface area contributed by atoms with Crippen LogP contribution in [0.5, 0.6) is 0 Å². The highest BCUT2D eigenvalue weighted by atomic mass is 35.5. The van der Waals surface area contributed by atoms with Gasteiger partial charge in [0.15, 0.2) is 0 Å². The third kappa shape index (κ3) is 22.2. The molecule has 0 aromatic heterocycles. The molecule has 0 aliphatic carbocycles. The Hall–Kier alpha value is 0.250. The van der Waals surface area contributed by atoms with Crippen molar-refractivity contribution in [1.29, 1.82) is 0 Å². The van der Waals surface area contributed by atoms with Gasteiger partial charge in [-0.05, 0) is 6.42 Å². The third-order valence-electron chi connectivity index (χ3n) is 5.08. The van der Waals surface area contributed by atoms with E-state index in [0.717, 1.165) is 6.42 Å². The zero-order valence-electron chi connectivity index (χ0n) is 16.7. The maximum absolute atomic E-state index is 5.74. The van der Waals surface area contributed by atoms with E-state index >= 15 is 0 Å². The average Bonchev–Trinajstić information content (AvgIpc) is 2.56. The topological polar surface area (TPSA) is 26.0 Å². The summed E-state index contributed by atoms with van der Waals surface area (Å²) in [5.74, 6) is 0. The Labute approximate surface area is 158 Å². The summed E-state index contributed by atoms with van der Waals surface area (Å²) < 4.78 is 0. The van der Waals surface area contributed by atoms with Crippen molar-refractivity contribution in [2.45, 2.75) is 141 Å². The first-order valence-electron chi connectivity index (χ1n) is 11.2. The Morgan fingerprint density at radius 3 is 1.00 bits per heavy atom. The SMILES string of the molecule is CCCCCCCCCCCCCCCCCCCCCC(N)Cl. The van der Waals surface area contributed by atoms with Crippen LogP contribution in [0.15, 0.2) is 0 Å². The summed E-state index contributed by atoms with van der Waals surface area (Å²) in [6.07, 6.45) is 28.0. The van der Waals surface area contributed by atoms with E-state index in [2.05, 4.69) is 6.92 Å². The van der Waals surface area contributed by atoms with Gasteiger partial charge in [0.1, 0.15) is 0 Å². The fraction of sp³-hybridized carbons (Fsp3) is 1.00. The molecule has 1 nitrogen and oxygen atoms in total. The Morgan fingerprint density at radius 1 is 0.500 bits per heavy atom. The lowest BCUT2D eigenvalue weighted by Gasteiger charge is -2.04. The van der Waals surface area contributed by atoms with Crippen molar-refractivity contribution in [2.24, 2.45) is 5.73 Å². The van der Waals surface area contributed by atoms with Gasteiger partial charge in [-0.15, -0.1) is 11.6 Å². The number of unbranched alkanes of at least 4 members (excludes halogenated alkanes) is 18. The summed E-state index contributed by atoms with van der Waals surface area (Å²) in [5.41, 5.74) is 5.41. The van der Waals surface area contributed by atoms with Crippen LogP contribution in [-0.4, -0.2) is 5.50 Å². The van der Waals surface area contributed by atoms with Crippen LogP contribution in [0.2, 0.25) is 0 Å². The quantitative estimate of drug-likeness (QED) is 0.132. The third-order valence-corrected chi connectivity index (χ3v) is 5.30. The molecular formula is C22H46ClN. The minimum atomic E-state index is -0.129. The number of rotatable bonds is 20. The monoisotopic (exact) mass is 359 g/mol. The normalized spacial score (nSPS) is 12.6. The summed E-state index contributed by atoms with van der Waals surface area (Å²) in [7, 11) is 0. The van der Waals surface area contributed by atoms with Crippen molar-refractivity contribution in [3.63, 3.8) is 0 Å². The molecule has 0 heterocycles. The van der Waals surface area contributed by atoms with Crippen LogP contribution in [0, 0.1) is 0 Å². The van der Waals surface area contributed by atoms with Gasteiger partial charge in [0.2, 0.25) is 0 Å². The molecular weight excluding hydrogens is 314 g/mol. The van der Waals surface area contributed by atoms with Crippen molar-refractivity contribution in [3.05, 3.63) is 0 Å². The second-order valence-electron chi connectivity index (χ2n) is 7.67. The summed E-state index contributed by atoms with van der Waals surface area (Å²) >= 11 is 5.74. The number of hydrogen-bond acceptors (Lipinski definition) is 1. The molecule has 0 bridgehead atoms. The zero-order valence-corrected chi connectivity index (χ0v) is 17.4. The van der Waals surface area contributed by atoms with Crippen molar-refractivity contribution < 1.29 is 0 Å². The molecule has 24 heavy (non-hydrogen) atoms. The van der Waals surface area contributed by atoms with E-state index in [9.17, 15) is 0 Å². The molecule has 0 saturated carbocycles. The largest absolute Gasteiger partial charge is 0.315 e. The van der Waals surface area contributed by atoms with Gasteiger partial charge >= 0.3 is 0 Å². The Balaban J connectivity index is 2.95. The summed E-state index contributed by atoms with van der Waals surface area (Å²) in [6, 6.07) is 0. The molecule has 1 atom stereocenters. The first-order chi connectivity index (χ1) is 11.8. The second-order valence-corrected chi connectivity index (χ2v) is 8.23. The molecule has 0 amide bonds. The van der Waals surface area contributed by atoms with Crippen LogP contribution in [-0.2, 0) is 0 Å². The molecule has 0 spiro atoms. The minimum Gasteiger partial charge on any atom is -0.315 e. The number of halogens is 1.